The summed E-state index contributed by atoms with van der Waals surface area (Å²) in [6.07, 6.45) is 6.88. The Balaban J connectivity index is 1.85. The van der Waals surface area contributed by atoms with E-state index in [0.717, 1.165) is 30.4 Å². The minimum Gasteiger partial charge on any atom is -0.465 e. The molecule has 3 atom stereocenters. The molecule has 3 aliphatic rings. The molecule has 142 valence electrons. The second-order valence-corrected chi connectivity index (χ2v) is 9.23. The monoisotopic (exact) mass is 364 g/mol. The van der Waals surface area contributed by atoms with Crippen molar-refractivity contribution < 1.29 is 14.3 Å². The summed E-state index contributed by atoms with van der Waals surface area (Å²) in [6.45, 7) is 8.83. The number of hydrogen-bond acceptors (Lipinski definition) is 3. The zero-order chi connectivity index (χ0) is 19.4. The van der Waals surface area contributed by atoms with Crippen LogP contribution in [-0.2, 0) is 9.53 Å². The Morgan fingerprint density at radius 1 is 1.19 bits per heavy atom. The summed E-state index contributed by atoms with van der Waals surface area (Å²) in [5, 5.41) is 0. The largest absolute Gasteiger partial charge is 0.465 e. The quantitative estimate of drug-likeness (QED) is 0.322. The first-order chi connectivity index (χ1) is 12.7. The van der Waals surface area contributed by atoms with E-state index in [1.165, 1.54) is 0 Å². The summed E-state index contributed by atoms with van der Waals surface area (Å²) in [5.41, 5.74) is 1.99. The first-order valence-corrected chi connectivity index (χ1v) is 9.94. The minimum atomic E-state index is -0.748. The van der Waals surface area contributed by atoms with Gasteiger partial charge in [-0.1, -0.05) is 55.8 Å². The number of hydrogen-bond donors (Lipinski definition) is 0. The summed E-state index contributed by atoms with van der Waals surface area (Å²) in [7, 11) is 0. The molecule has 3 nitrogen and oxygen atoms in total. The second kappa shape index (κ2) is 5.92. The van der Waals surface area contributed by atoms with E-state index in [4.69, 9.17) is 4.74 Å². The van der Waals surface area contributed by atoms with Crippen molar-refractivity contribution in [3.8, 4) is 0 Å². The Kier molecular flexibility index (Phi) is 3.99. The molecular weight excluding hydrogens is 336 g/mol. The molecule has 3 heteroatoms. The average molecular weight is 364 g/mol. The first-order valence-electron chi connectivity index (χ1n) is 9.94. The molecule has 3 aliphatic carbocycles. The highest BCUT2D eigenvalue weighted by molar-refractivity contribution is 6.06. The van der Waals surface area contributed by atoms with E-state index in [9.17, 15) is 9.59 Å². The van der Waals surface area contributed by atoms with Gasteiger partial charge in [0.15, 0.2) is 5.78 Å². The van der Waals surface area contributed by atoms with Gasteiger partial charge in [0.2, 0.25) is 0 Å². The summed E-state index contributed by atoms with van der Waals surface area (Å²) < 4.78 is 5.52. The molecule has 0 unspecified atom stereocenters. The van der Waals surface area contributed by atoms with E-state index in [-0.39, 0.29) is 22.6 Å². The third-order valence-corrected chi connectivity index (χ3v) is 6.92. The van der Waals surface area contributed by atoms with Crippen LogP contribution in [0.1, 0.15) is 57.3 Å². The Bertz CT molecular complexity index is 861. The predicted octanol–water partition coefficient (Wildman–Crippen LogP) is 5.13. The zero-order valence-electron chi connectivity index (χ0n) is 16.7. The van der Waals surface area contributed by atoms with Crippen LogP contribution in [0.2, 0.25) is 0 Å². The van der Waals surface area contributed by atoms with Crippen molar-refractivity contribution in [2.24, 2.45) is 22.2 Å². The second-order valence-electron chi connectivity index (χ2n) is 9.23. The lowest BCUT2D eigenvalue weighted by molar-refractivity contribution is -0.151. The fourth-order valence-electron chi connectivity index (χ4n) is 6.12. The van der Waals surface area contributed by atoms with Gasteiger partial charge in [-0.2, -0.15) is 0 Å². The highest BCUT2D eigenvalue weighted by Gasteiger charge is 2.70. The van der Waals surface area contributed by atoms with Gasteiger partial charge in [0.25, 0.3) is 0 Å². The third kappa shape index (κ3) is 2.47. The van der Waals surface area contributed by atoms with Gasteiger partial charge < -0.3 is 4.74 Å². The van der Waals surface area contributed by atoms with Gasteiger partial charge in [-0.3, -0.25) is 9.59 Å². The average Bonchev–Trinajstić information content (AvgIpc) is 3.11. The minimum absolute atomic E-state index is 0.0212. The molecule has 0 heterocycles. The maximum absolute atomic E-state index is 13.1. The maximum atomic E-state index is 13.1. The highest BCUT2D eigenvalue weighted by atomic mass is 16.5. The van der Waals surface area contributed by atoms with E-state index < -0.39 is 5.41 Å². The van der Waals surface area contributed by atoms with E-state index in [0.29, 0.717) is 18.1 Å². The molecular formula is C24H28O3. The van der Waals surface area contributed by atoms with E-state index in [2.05, 4.69) is 19.9 Å². The van der Waals surface area contributed by atoms with Crippen LogP contribution in [0.5, 0.6) is 0 Å². The van der Waals surface area contributed by atoms with Crippen molar-refractivity contribution >= 4 is 11.8 Å². The van der Waals surface area contributed by atoms with Crippen LogP contribution in [0, 0.1) is 22.2 Å². The van der Waals surface area contributed by atoms with Crippen molar-refractivity contribution in [2.75, 3.05) is 6.61 Å². The Morgan fingerprint density at radius 3 is 2.56 bits per heavy atom. The third-order valence-electron chi connectivity index (χ3n) is 6.92. The predicted molar refractivity (Wildman–Crippen MR) is 105 cm³/mol. The van der Waals surface area contributed by atoms with Crippen LogP contribution in [0.25, 0.3) is 0 Å². The molecule has 2 saturated carbocycles. The molecule has 0 aromatic heterocycles. The van der Waals surface area contributed by atoms with E-state index in [1.54, 1.807) is 6.08 Å². The number of ether oxygens (including phenoxy) is 1. The number of carbonyl (C=O) groups is 2. The maximum Gasteiger partial charge on any atom is 0.320 e. The number of esters is 1. The molecule has 1 aromatic rings. The van der Waals surface area contributed by atoms with Crippen molar-refractivity contribution in [3.63, 3.8) is 0 Å². The Labute approximate surface area is 161 Å². The number of fused-ring (bicyclic) bond motifs is 1. The topological polar surface area (TPSA) is 43.4 Å². The molecule has 2 bridgehead atoms. The van der Waals surface area contributed by atoms with Crippen LogP contribution in [0.4, 0.5) is 0 Å². The molecule has 2 fully saturated rings. The van der Waals surface area contributed by atoms with E-state index >= 15 is 0 Å². The normalized spacial score (nSPS) is 34.4. The molecule has 0 saturated heterocycles. The zero-order valence-corrected chi connectivity index (χ0v) is 16.7. The van der Waals surface area contributed by atoms with Crippen LogP contribution >= 0.6 is 0 Å². The summed E-state index contributed by atoms with van der Waals surface area (Å²) in [6, 6.07) is 9.32. The Hall–Kier alpha value is -2.16. The molecule has 27 heavy (non-hydrogen) atoms. The molecule has 1 aromatic carbocycles. The van der Waals surface area contributed by atoms with Crippen molar-refractivity contribution in [2.45, 2.75) is 47.0 Å². The van der Waals surface area contributed by atoms with Gasteiger partial charge >= 0.3 is 5.97 Å². The van der Waals surface area contributed by atoms with Gasteiger partial charge in [0.05, 0.1) is 6.61 Å². The lowest BCUT2D eigenvalue weighted by atomic mass is 9.74. The molecule has 0 amide bonds. The summed E-state index contributed by atoms with van der Waals surface area (Å²) in [4.78, 5) is 26.2. The van der Waals surface area contributed by atoms with Crippen LogP contribution in [-0.4, -0.2) is 18.4 Å². The lowest BCUT2D eigenvalue weighted by Gasteiger charge is -2.30. The number of ketones is 1. The lowest BCUT2D eigenvalue weighted by Crippen LogP contribution is -2.33. The summed E-state index contributed by atoms with van der Waals surface area (Å²) in [5.74, 6) is 0.192. The van der Waals surface area contributed by atoms with E-state index in [1.807, 2.05) is 44.2 Å². The molecule has 0 aliphatic heterocycles. The van der Waals surface area contributed by atoms with Crippen LogP contribution in [0.15, 0.2) is 53.6 Å². The standard InChI is InChI=1S/C24H28O3/c1-5-27-21(26)24-14-18-13-22(3,4)15-23(18,12-16(24)2)20(24)11-19(25)17-9-7-6-8-10-17/h6-12,18H,5,13-15H2,1-4H3/b20-11+/t18-,23-,24-/m1/s1. The number of carbonyl (C=O) groups excluding carboxylic acids is 2. The van der Waals surface area contributed by atoms with Gasteiger partial charge in [0.1, 0.15) is 5.41 Å². The molecule has 1 spiro atoms. The van der Waals surface area contributed by atoms with Gasteiger partial charge in [-0.25, -0.2) is 0 Å². The SMILES string of the molecule is CCOC(=O)[C@]12C[C@H]3CC(C)(C)C[C@@]3(C=C1C)/C2=C\C(=O)c1ccccc1. The molecule has 0 radical (unpaired) electrons. The van der Waals surface area contributed by atoms with Gasteiger partial charge in [0, 0.05) is 11.0 Å². The van der Waals surface area contributed by atoms with Crippen molar-refractivity contribution in [1.82, 2.24) is 0 Å². The fraction of sp³-hybridized carbons (Fsp3) is 0.500. The first kappa shape index (κ1) is 18.2. The highest BCUT2D eigenvalue weighted by Crippen LogP contribution is 2.75. The van der Waals surface area contributed by atoms with Gasteiger partial charge in [-0.15, -0.1) is 0 Å². The van der Waals surface area contributed by atoms with Crippen molar-refractivity contribution in [3.05, 3.63) is 59.2 Å². The number of rotatable bonds is 4. The van der Waals surface area contributed by atoms with Crippen LogP contribution < -0.4 is 0 Å². The summed E-state index contributed by atoms with van der Waals surface area (Å²) >= 11 is 0. The van der Waals surface area contributed by atoms with Crippen molar-refractivity contribution in [1.29, 1.82) is 0 Å². The molecule has 0 N–H and O–H groups in total. The number of benzene rings is 1. The Morgan fingerprint density at radius 2 is 1.89 bits per heavy atom. The fourth-order valence-corrected chi connectivity index (χ4v) is 6.12. The number of allylic oxidation sites excluding steroid dienone is 2. The smallest absolute Gasteiger partial charge is 0.320 e. The van der Waals surface area contributed by atoms with Gasteiger partial charge in [-0.05, 0) is 56.1 Å². The molecule has 4 rings (SSSR count). The van der Waals surface area contributed by atoms with Crippen LogP contribution in [0.3, 0.4) is 0 Å².